The largest absolute Gasteiger partial charge is 0.342 e. The zero-order valence-electron chi connectivity index (χ0n) is 12.8. The monoisotopic (exact) mass is 269 g/mol. The molecule has 1 aromatic heterocycles. The Hall–Kier alpha value is -1.35. The molecule has 1 saturated heterocycles. The molecular weight excluding hydrogens is 246 g/mol. The molecule has 0 unspecified atom stereocenters. The molecular formula is C17H23N3. The Morgan fingerprint density at radius 3 is 2.85 bits per heavy atom. The second kappa shape index (κ2) is 3.64. The Bertz CT molecular complexity index is 698. The lowest BCUT2D eigenvalue weighted by Gasteiger charge is -2.57. The summed E-state index contributed by atoms with van der Waals surface area (Å²) in [5.74, 6) is 1.01. The summed E-state index contributed by atoms with van der Waals surface area (Å²) in [7, 11) is 0. The van der Waals surface area contributed by atoms with E-state index in [9.17, 15) is 0 Å². The molecule has 2 aromatic rings. The van der Waals surface area contributed by atoms with Crippen molar-refractivity contribution in [2.24, 2.45) is 5.41 Å². The number of aryl methyl sites for hydroxylation is 1. The number of aromatic nitrogens is 2. The Morgan fingerprint density at radius 1 is 1.25 bits per heavy atom. The number of rotatable bonds is 0. The summed E-state index contributed by atoms with van der Waals surface area (Å²) in [6.45, 7) is 10.5. The first kappa shape index (κ1) is 12.4. The minimum atomic E-state index is 0.254. The Labute approximate surface area is 120 Å². The molecule has 2 heterocycles. The molecule has 1 aromatic carbocycles. The number of aromatic amines is 1. The number of nitrogens with zero attached hydrogens (tertiary/aromatic N) is 1. The van der Waals surface area contributed by atoms with Crippen molar-refractivity contribution in [3.63, 3.8) is 0 Å². The number of hydrogen-bond donors (Lipinski definition) is 2. The van der Waals surface area contributed by atoms with Crippen LogP contribution in [0.5, 0.6) is 0 Å². The van der Waals surface area contributed by atoms with Gasteiger partial charge in [0.2, 0.25) is 0 Å². The normalized spacial score (nSPS) is 31.3. The average molecular weight is 269 g/mol. The lowest BCUT2D eigenvalue weighted by Crippen LogP contribution is -2.62. The molecule has 2 aliphatic rings. The van der Waals surface area contributed by atoms with E-state index in [4.69, 9.17) is 0 Å². The summed E-state index contributed by atoms with van der Waals surface area (Å²) in [6.07, 6.45) is 2.34. The Morgan fingerprint density at radius 2 is 2.05 bits per heavy atom. The molecule has 1 fully saturated rings. The molecule has 0 radical (unpaired) electrons. The van der Waals surface area contributed by atoms with E-state index in [2.05, 4.69) is 48.2 Å². The van der Waals surface area contributed by atoms with Gasteiger partial charge in [-0.3, -0.25) is 0 Å². The lowest BCUT2D eigenvalue weighted by atomic mass is 9.51. The van der Waals surface area contributed by atoms with Gasteiger partial charge in [-0.05, 0) is 55.0 Å². The van der Waals surface area contributed by atoms with Crippen LogP contribution in [0.25, 0.3) is 11.0 Å². The fourth-order valence-corrected chi connectivity index (χ4v) is 4.40. The molecule has 3 heteroatoms. The van der Waals surface area contributed by atoms with Gasteiger partial charge in [0.05, 0.1) is 11.0 Å². The quantitative estimate of drug-likeness (QED) is 0.771. The molecule has 20 heavy (non-hydrogen) atoms. The van der Waals surface area contributed by atoms with E-state index >= 15 is 0 Å². The fraction of sp³-hybridized carbons (Fsp3) is 0.588. The van der Waals surface area contributed by atoms with Crippen molar-refractivity contribution in [3.8, 4) is 0 Å². The third-order valence-electron chi connectivity index (χ3n) is 6.15. The number of fused-ring (bicyclic) bond motifs is 5. The van der Waals surface area contributed by atoms with Crippen molar-refractivity contribution in [3.05, 3.63) is 29.1 Å². The number of hydrogen-bond acceptors (Lipinski definition) is 2. The van der Waals surface area contributed by atoms with E-state index in [-0.39, 0.29) is 5.41 Å². The summed E-state index contributed by atoms with van der Waals surface area (Å²) in [4.78, 5) is 8.00. The molecule has 2 atom stereocenters. The number of benzene rings is 1. The number of piperidine rings is 1. The first-order chi connectivity index (χ1) is 9.42. The van der Waals surface area contributed by atoms with Crippen LogP contribution in [0.1, 0.15) is 44.1 Å². The maximum absolute atomic E-state index is 4.60. The van der Waals surface area contributed by atoms with Gasteiger partial charge in [-0.25, -0.2) is 4.98 Å². The molecule has 1 aliphatic carbocycles. The van der Waals surface area contributed by atoms with Gasteiger partial charge in [-0.1, -0.05) is 20.8 Å². The van der Waals surface area contributed by atoms with Crippen LogP contribution in [0, 0.1) is 12.3 Å². The van der Waals surface area contributed by atoms with Crippen LogP contribution >= 0.6 is 0 Å². The van der Waals surface area contributed by atoms with E-state index in [0.29, 0.717) is 11.5 Å². The number of nitrogens with one attached hydrogen (secondary N) is 2. The van der Waals surface area contributed by atoms with E-state index in [1.165, 1.54) is 23.1 Å². The van der Waals surface area contributed by atoms with Gasteiger partial charge in [0.1, 0.15) is 5.82 Å². The van der Waals surface area contributed by atoms with Gasteiger partial charge in [0.25, 0.3) is 0 Å². The van der Waals surface area contributed by atoms with E-state index < -0.39 is 0 Å². The average Bonchev–Trinajstić information content (AvgIpc) is 2.71. The Balaban J connectivity index is 2.01. The van der Waals surface area contributed by atoms with Crippen LogP contribution in [0.2, 0.25) is 0 Å². The summed E-state index contributed by atoms with van der Waals surface area (Å²) < 4.78 is 0. The highest BCUT2D eigenvalue weighted by Gasteiger charge is 2.53. The van der Waals surface area contributed by atoms with Crippen LogP contribution in [0.3, 0.4) is 0 Å². The van der Waals surface area contributed by atoms with E-state index in [0.717, 1.165) is 24.3 Å². The maximum atomic E-state index is 4.60. The summed E-state index contributed by atoms with van der Waals surface area (Å²) >= 11 is 0. The van der Waals surface area contributed by atoms with Gasteiger partial charge >= 0.3 is 0 Å². The molecule has 2 N–H and O–H groups in total. The van der Waals surface area contributed by atoms with Crippen LogP contribution in [0.4, 0.5) is 0 Å². The van der Waals surface area contributed by atoms with Crippen molar-refractivity contribution in [2.45, 2.75) is 52.0 Å². The molecule has 0 spiro atoms. The Kier molecular flexibility index (Phi) is 2.26. The van der Waals surface area contributed by atoms with Crippen molar-refractivity contribution in [2.75, 3.05) is 6.54 Å². The molecule has 0 amide bonds. The standard InChI is InChI=1S/C17H23N3/c1-10-19-13-7-11-8-15-16(2,3)17(4,5-6-18-15)12(11)9-14(13)20-10/h7,9,15,18H,5-6,8H2,1-4H3,(H,19,20)/t15-,17+/m1/s1. The van der Waals surface area contributed by atoms with Crippen molar-refractivity contribution >= 4 is 11.0 Å². The SMILES string of the molecule is Cc1nc2cc3c(cc2[nH]1)[C@]1(C)CCN[C@H](C3)C1(C)C. The van der Waals surface area contributed by atoms with Gasteiger partial charge in [-0.15, -0.1) is 0 Å². The number of imidazole rings is 1. The predicted molar refractivity (Wildman–Crippen MR) is 82.1 cm³/mol. The van der Waals surface area contributed by atoms with Gasteiger partial charge < -0.3 is 10.3 Å². The minimum absolute atomic E-state index is 0.254. The van der Waals surface area contributed by atoms with E-state index in [1.807, 2.05) is 6.92 Å². The highest BCUT2D eigenvalue weighted by molar-refractivity contribution is 5.78. The van der Waals surface area contributed by atoms with Crippen molar-refractivity contribution < 1.29 is 0 Å². The first-order valence-corrected chi connectivity index (χ1v) is 7.65. The molecule has 2 bridgehead atoms. The van der Waals surface area contributed by atoms with Gasteiger partial charge in [0, 0.05) is 11.5 Å². The van der Waals surface area contributed by atoms with E-state index in [1.54, 1.807) is 0 Å². The van der Waals surface area contributed by atoms with Crippen molar-refractivity contribution in [1.29, 1.82) is 0 Å². The molecule has 1 aliphatic heterocycles. The smallest absolute Gasteiger partial charge is 0.104 e. The molecule has 3 nitrogen and oxygen atoms in total. The maximum Gasteiger partial charge on any atom is 0.104 e. The predicted octanol–water partition coefficient (Wildman–Crippen LogP) is 3.07. The first-order valence-electron chi connectivity index (χ1n) is 7.65. The molecule has 0 saturated carbocycles. The van der Waals surface area contributed by atoms with Crippen LogP contribution in [-0.4, -0.2) is 22.6 Å². The molecule has 4 rings (SSSR count). The zero-order chi connectivity index (χ0) is 14.1. The van der Waals surface area contributed by atoms with Gasteiger partial charge in [-0.2, -0.15) is 0 Å². The van der Waals surface area contributed by atoms with Gasteiger partial charge in [0.15, 0.2) is 0 Å². The summed E-state index contributed by atoms with van der Waals surface area (Å²) in [5, 5.41) is 3.73. The topological polar surface area (TPSA) is 40.7 Å². The fourth-order valence-electron chi connectivity index (χ4n) is 4.40. The summed E-state index contributed by atoms with van der Waals surface area (Å²) in [6, 6.07) is 5.25. The zero-order valence-corrected chi connectivity index (χ0v) is 12.8. The second-order valence-corrected chi connectivity index (χ2v) is 7.36. The summed E-state index contributed by atoms with van der Waals surface area (Å²) in [5.41, 5.74) is 5.88. The minimum Gasteiger partial charge on any atom is -0.342 e. The second-order valence-electron chi connectivity index (χ2n) is 7.36. The van der Waals surface area contributed by atoms with Crippen LogP contribution in [-0.2, 0) is 11.8 Å². The van der Waals surface area contributed by atoms with Crippen LogP contribution < -0.4 is 5.32 Å². The van der Waals surface area contributed by atoms with Crippen LogP contribution in [0.15, 0.2) is 12.1 Å². The third-order valence-corrected chi connectivity index (χ3v) is 6.15. The van der Waals surface area contributed by atoms with Crippen molar-refractivity contribution in [1.82, 2.24) is 15.3 Å². The lowest BCUT2D eigenvalue weighted by molar-refractivity contribution is 0.0561. The molecule has 106 valence electrons. The highest BCUT2D eigenvalue weighted by atomic mass is 15.0. The third kappa shape index (κ3) is 1.37. The number of H-pyrrole nitrogens is 1. The highest BCUT2D eigenvalue weighted by Crippen LogP contribution is 2.54.